The normalized spacial score (nSPS) is 12.2. The summed E-state index contributed by atoms with van der Waals surface area (Å²) in [5.74, 6) is -0.976. The van der Waals surface area contributed by atoms with Crippen LogP contribution in [0.25, 0.3) is 0 Å². The number of rotatable bonds is 10. The van der Waals surface area contributed by atoms with Gasteiger partial charge in [-0.2, -0.15) is 0 Å². The number of urea groups is 1. The van der Waals surface area contributed by atoms with Crippen LogP contribution in [0.4, 0.5) is 4.79 Å². The molecule has 3 N–H and O–H groups in total. The number of nitrogens with zero attached hydrogens (tertiary/aromatic N) is 1. The molecule has 2 amide bonds. The van der Waals surface area contributed by atoms with Crippen molar-refractivity contribution < 1.29 is 14.7 Å². The van der Waals surface area contributed by atoms with Gasteiger partial charge in [0.2, 0.25) is 0 Å². The molecule has 0 fully saturated rings. The highest BCUT2D eigenvalue weighted by molar-refractivity contribution is 5.82. The molecule has 0 aromatic heterocycles. The van der Waals surface area contributed by atoms with E-state index in [0.717, 1.165) is 32.2 Å². The van der Waals surface area contributed by atoms with Gasteiger partial charge in [0.25, 0.3) is 0 Å². The number of aliphatic carboxylic acids is 1. The van der Waals surface area contributed by atoms with Crippen LogP contribution in [-0.4, -0.2) is 55.2 Å². The van der Waals surface area contributed by atoms with E-state index in [0.29, 0.717) is 13.0 Å². The molecule has 0 spiro atoms. The van der Waals surface area contributed by atoms with Crippen LogP contribution in [-0.2, 0) is 4.79 Å². The van der Waals surface area contributed by atoms with Crippen molar-refractivity contribution in [3.8, 4) is 0 Å². The van der Waals surface area contributed by atoms with Gasteiger partial charge in [-0.05, 0) is 39.9 Å². The van der Waals surface area contributed by atoms with E-state index in [9.17, 15) is 9.59 Å². The van der Waals surface area contributed by atoms with E-state index < -0.39 is 18.0 Å². The zero-order chi connectivity index (χ0) is 14.7. The molecule has 112 valence electrons. The number of hydrogen-bond acceptors (Lipinski definition) is 3. The number of hydrogen-bond donors (Lipinski definition) is 3. The smallest absolute Gasteiger partial charge is 0.326 e. The largest absolute Gasteiger partial charge is 0.480 e. The minimum atomic E-state index is -0.976. The van der Waals surface area contributed by atoms with Crippen molar-refractivity contribution in [1.82, 2.24) is 15.5 Å². The first-order chi connectivity index (χ1) is 8.97. The van der Waals surface area contributed by atoms with Crippen LogP contribution in [0.3, 0.4) is 0 Å². The van der Waals surface area contributed by atoms with Crippen LogP contribution < -0.4 is 10.6 Å². The molecule has 0 aromatic carbocycles. The second-order valence-electron chi connectivity index (χ2n) is 4.94. The predicted molar refractivity (Wildman–Crippen MR) is 75.3 cm³/mol. The maximum Gasteiger partial charge on any atom is 0.326 e. The Morgan fingerprint density at radius 1 is 1.21 bits per heavy atom. The summed E-state index contributed by atoms with van der Waals surface area (Å²) < 4.78 is 0. The maximum absolute atomic E-state index is 11.5. The van der Waals surface area contributed by atoms with Gasteiger partial charge in [-0.3, -0.25) is 0 Å². The quantitative estimate of drug-likeness (QED) is 0.524. The van der Waals surface area contributed by atoms with Gasteiger partial charge in [-0.15, -0.1) is 0 Å². The lowest BCUT2D eigenvalue weighted by atomic mass is 10.1. The minimum absolute atomic E-state index is 0.395. The van der Waals surface area contributed by atoms with Crippen molar-refractivity contribution in [1.29, 1.82) is 0 Å². The molecule has 6 nitrogen and oxygen atoms in total. The molecule has 0 radical (unpaired) electrons. The van der Waals surface area contributed by atoms with Crippen molar-refractivity contribution in [2.75, 3.05) is 27.2 Å². The van der Waals surface area contributed by atoms with Crippen molar-refractivity contribution in [3.63, 3.8) is 0 Å². The van der Waals surface area contributed by atoms with Crippen LogP contribution in [0.2, 0.25) is 0 Å². The number of carboxylic acid groups (broad SMARTS) is 1. The van der Waals surface area contributed by atoms with Crippen LogP contribution >= 0.6 is 0 Å². The lowest BCUT2D eigenvalue weighted by Gasteiger charge is -2.15. The predicted octanol–water partition coefficient (Wildman–Crippen LogP) is 1.27. The molecular weight excluding hydrogens is 246 g/mol. The molecule has 0 bridgehead atoms. The molecule has 0 saturated heterocycles. The monoisotopic (exact) mass is 273 g/mol. The van der Waals surface area contributed by atoms with E-state index in [4.69, 9.17) is 5.11 Å². The summed E-state index contributed by atoms with van der Waals surface area (Å²) in [6, 6.07) is -1.19. The molecule has 1 unspecified atom stereocenters. The first-order valence-electron chi connectivity index (χ1n) is 6.89. The summed E-state index contributed by atoms with van der Waals surface area (Å²) in [7, 11) is 4.01. The van der Waals surface area contributed by atoms with Crippen LogP contribution in [0.5, 0.6) is 0 Å². The third kappa shape index (κ3) is 10.3. The summed E-state index contributed by atoms with van der Waals surface area (Å²) >= 11 is 0. The number of amides is 2. The second kappa shape index (κ2) is 10.6. The average Bonchev–Trinajstić information content (AvgIpc) is 2.33. The van der Waals surface area contributed by atoms with Crippen molar-refractivity contribution in [2.24, 2.45) is 0 Å². The topological polar surface area (TPSA) is 81.7 Å². The fourth-order valence-electron chi connectivity index (χ4n) is 1.63. The zero-order valence-corrected chi connectivity index (χ0v) is 12.2. The molecule has 0 aromatic rings. The van der Waals surface area contributed by atoms with Crippen molar-refractivity contribution >= 4 is 12.0 Å². The fraction of sp³-hybridized carbons (Fsp3) is 0.846. The van der Waals surface area contributed by atoms with Gasteiger partial charge in [0.05, 0.1) is 0 Å². The SMILES string of the molecule is CCCCC(NC(=O)NCCCCN(C)C)C(=O)O. The number of carbonyl (C=O) groups is 2. The van der Waals surface area contributed by atoms with Crippen molar-refractivity contribution in [3.05, 3.63) is 0 Å². The van der Waals surface area contributed by atoms with Crippen LogP contribution in [0.15, 0.2) is 0 Å². The molecule has 0 aliphatic heterocycles. The van der Waals surface area contributed by atoms with Gasteiger partial charge >= 0.3 is 12.0 Å². The lowest BCUT2D eigenvalue weighted by molar-refractivity contribution is -0.139. The fourth-order valence-corrected chi connectivity index (χ4v) is 1.63. The Morgan fingerprint density at radius 2 is 1.89 bits per heavy atom. The molecule has 0 heterocycles. The number of unbranched alkanes of at least 4 members (excludes halogenated alkanes) is 2. The zero-order valence-electron chi connectivity index (χ0n) is 12.2. The third-order valence-corrected chi connectivity index (χ3v) is 2.77. The Bertz CT molecular complexity index is 270. The van der Waals surface area contributed by atoms with Gasteiger partial charge in [-0.25, -0.2) is 9.59 Å². The molecule has 1 atom stereocenters. The summed E-state index contributed by atoms with van der Waals surface area (Å²) in [5, 5.41) is 14.1. The number of carbonyl (C=O) groups excluding carboxylic acids is 1. The van der Waals surface area contributed by atoms with E-state index in [1.54, 1.807) is 0 Å². The molecule has 0 saturated carbocycles. The number of nitrogens with one attached hydrogen (secondary N) is 2. The summed E-state index contributed by atoms with van der Waals surface area (Å²) in [4.78, 5) is 24.6. The van der Waals surface area contributed by atoms with E-state index in [-0.39, 0.29) is 0 Å². The van der Waals surface area contributed by atoms with Crippen LogP contribution in [0, 0.1) is 0 Å². The van der Waals surface area contributed by atoms with E-state index in [1.165, 1.54) is 0 Å². The van der Waals surface area contributed by atoms with E-state index in [1.807, 2.05) is 21.0 Å². The van der Waals surface area contributed by atoms with Crippen molar-refractivity contribution in [2.45, 2.75) is 45.1 Å². The molecular formula is C13H27N3O3. The van der Waals surface area contributed by atoms with E-state index in [2.05, 4.69) is 15.5 Å². The van der Waals surface area contributed by atoms with Crippen LogP contribution in [0.1, 0.15) is 39.0 Å². The molecule has 19 heavy (non-hydrogen) atoms. The van der Waals surface area contributed by atoms with E-state index >= 15 is 0 Å². The average molecular weight is 273 g/mol. The molecule has 0 rings (SSSR count). The summed E-state index contributed by atoms with van der Waals surface area (Å²) in [6.07, 6.45) is 4.07. The Morgan fingerprint density at radius 3 is 2.42 bits per heavy atom. The standard InChI is InChI=1S/C13H27N3O3/c1-4-5-8-11(12(17)18)15-13(19)14-9-6-7-10-16(2)3/h11H,4-10H2,1-3H3,(H,17,18)(H2,14,15,19). The highest BCUT2D eigenvalue weighted by Gasteiger charge is 2.18. The Balaban J connectivity index is 3.77. The highest BCUT2D eigenvalue weighted by atomic mass is 16.4. The van der Waals surface area contributed by atoms with Gasteiger partial charge in [0.1, 0.15) is 6.04 Å². The third-order valence-electron chi connectivity index (χ3n) is 2.77. The van der Waals surface area contributed by atoms with Gasteiger partial charge in [-0.1, -0.05) is 19.8 Å². The molecule has 0 aliphatic rings. The molecule has 0 aliphatic carbocycles. The van der Waals surface area contributed by atoms with Gasteiger partial charge in [0.15, 0.2) is 0 Å². The Hall–Kier alpha value is -1.30. The second-order valence-corrected chi connectivity index (χ2v) is 4.94. The molecule has 6 heteroatoms. The number of carboxylic acids is 1. The Labute approximate surface area is 115 Å². The first kappa shape index (κ1) is 17.7. The summed E-state index contributed by atoms with van der Waals surface area (Å²) in [6.45, 7) is 3.54. The first-order valence-corrected chi connectivity index (χ1v) is 6.89. The minimum Gasteiger partial charge on any atom is -0.480 e. The Kier molecular flexibility index (Phi) is 9.88. The summed E-state index contributed by atoms with van der Waals surface area (Å²) in [5.41, 5.74) is 0. The van der Waals surface area contributed by atoms with Gasteiger partial charge < -0.3 is 20.6 Å². The van der Waals surface area contributed by atoms with Gasteiger partial charge in [0, 0.05) is 6.54 Å². The maximum atomic E-state index is 11.5. The highest BCUT2D eigenvalue weighted by Crippen LogP contribution is 2.00. The lowest BCUT2D eigenvalue weighted by Crippen LogP contribution is -2.46.